The van der Waals surface area contributed by atoms with Crippen LogP contribution in [-0.2, 0) is 11.8 Å². The summed E-state index contributed by atoms with van der Waals surface area (Å²) in [7, 11) is 0. The van der Waals surface area contributed by atoms with Gasteiger partial charge in [0.2, 0.25) is 11.8 Å². The Morgan fingerprint density at radius 3 is 2.44 bits per heavy atom. The Labute approximate surface area is 107 Å². The van der Waals surface area contributed by atoms with Crippen LogP contribution < -0.4 is 0 Å². The summed E-state index contributed by atoms with van der Waals surface area (Å²) in [5.74, 6) is 1.55. The van der Waals surface area contributed by atoms with Crippen molar-refractivity contribution in [3.63, 3.8) is 0 Å². The fraction of sp³-hybridized carbons (Fsp3) is 0.467. The van der Waals surface area contributed by atoms with Crippen LogP contribution in [0.3, 0.4) is 0 Å². The van der Waals surface area contributed by atoms with Gasteiger partial charge in [0, 0.05) is 6.42 Å². The molecule has 1 heterocycles. The molecule has 0 N–H and O–H groups in total. The van der Waals surface area contributed by atoms with E-state index in [0.29, 0.717) is 0 Å². The number of aryl methyl sites for hydroxylation is 1. The Morgan fingerprint density at radius 1 is 1.11 bits per heavy atom. The van der Waals surface area contributed by atoms with E-state index >= 15 is 0 Å². The third kappa shape index (κ3) is 1.74. The van der Waals surface area contributed by atoms with Crippen molar-refractivity contribution in [1.29, 1.82) is 0 Å². The van der Waals surface area contributed by atoms with Crippen molar-refractivity contribution in [3.8, 4) is 0 Å². The van der Waals surface area contributed by atoms with E-state index in [2.05, 4.69) is 40.5 Å². The molecule has 3 nitrogen and oxygen atoms in total. The van der Waals surface area contributed by atoms with Gasteiger partial charge in [-0.1, -0.05) is 50.1 Å². The standard InChI is InChI=1S/C15H18N2O/c1-2-13-16-17-14(18-13)15(10-6-7-11-15)12-8-4-3-5-9-12/h3-5,8-9H,2,6-7,10-11H2,1H3. The molecule has 94 valence electrons. The molecule has 0 spiro atoms. The second kappa shape index (κ2) is 4.56. The molecule has 2 aromatic rings. The zero-order valence-corrected chi connectivity index (χ0v) is 10.7. The molecular formula is C15H18N2O. The monoisotopic (exact) mass is 242 g/mol. The quantitative estimate of drug-likeness (QED) is 0.827. The number of benzene rings is 1. The molecule has 0 saturated heterocycles. The van der Waals surface area contributed by atoms with Gasteiger partial charge in [0.15, 0.2) is 0 Å². The van der Waals surface area contributed by atoms with Crippen molar-refractivity contribution in [2.75, 3.05) is 0 Å². The fourth-order valence-corrected chi connectivity index (χ4v) is 2.95. The van der Waals surface area contributed by atoms with Crippen LogP contribution in [0.5, 0.6) is 0 Å². The van der Waals surface area contributed by atoms with Crippen LogP contribution in [-0.4, -0.2) is 10.2 Å². The summed E-state index contributed by atoms with van der Waals surface area (Å²) < 4.78 is 5.85. The van der Waals surface area contributed by atoms with Gasteiger partial charge in [-0.15, -0.1) is 10.2 Å². The zero-order valence-electron chi connectivity index (χ0n) is 10.7. The van der Waals surface area contributed by atoms with Gasteiger partial charge in [0.25, 0.3) is 0 Å². The minimum absolute atomic E-state index is 0.0400. The molecule has 1 aromatic carbocycles. The zero-order chi connectivity index (χ0) is 12.4. The van der Waals surface area contributed by atoms with Crippen molar-refractivity contribution in [3.05, 3.63) is 47.7 Å². The molecule has 3 heteroatoms. The second-order valence-electron chi connectivity index (χ2n) is 5.01. The van der Waals surface area contributed by atoms with Gasteiger partial charge in [0.1, 0.15) is 0 Å². The molecule has 0 amide bonds. The van der Waals surface area contributed by atoms with E-state index in [0.717, 1.165) is 31.0 Å². The van der Waals surface area contributed by atoms with Crippen LogP contribution >= 0.6 is 0 Å². The van der Waals surface area contributed by atoms with Crippen LogP contribution in [0.15, 0.2) is 34.7 Å². The Hall–Kier alpha value is -1.64. The molecule has 0 aliphatic heterocycles. The maximum atomic E-state index is 5.85. The number of nitrogens with zero attached hydrogens (tertiary/aromatic N) is 2. The lowest BCUT2D eigenvalue weighted by atomic mass is 9.79. The SMILES string of the molecule is CCc1nnc(C2(c3ccccc3)CCCC2)o1. The maximum absolute atomic E-state index is 5.85. The largest absolute Gasteiger partial charge is 0.424 e. The van der Waals surface area contributed by atoms with Gasteiger partial charge in [-0.3, -0.25) is 0 Å². The summed E-state index contributed by atoms with van der Waals surface area (Å²) in [5.41, 5.74) is 1.27. The first-order chi connectivity index (χ1) is 8.85. The highest BCUT2D eigenvalue weighted by Crippen LogP contribution is 2.45. The topological polar surface area (TPSA) is 38.9 Å². The van der Waals surface area contributed by atoms with Gasteiger partial charge in [-0.05, 0) is 18.4 Å². The lowest BCUT2D eigenvalue weighted by molar-refractivity contribution is 0.358. The van der Waals surface area contributed by atoms with Crippen LogP contribution in [0, 0.1) is 0 Å². The smallest absolute Gasteiger partial charge is 0.227 e. The van der Waals surface area contributed by atoms with Crippen molar-refractivity contribution < 1.29 is 4.42 Å². The third-order valence-electron chi connectivity index (χ3n) is 3.96. The molecule has 0 unspecified atom stereocenters. The molecule has 0 atom stereocenters. The molecule has 3 rings (SSSR count). The van der Waals surface area contributed by atoms with Crippen molar-refractivity contribution in [2.45, 2.75) is 44.4 Å². The molecule has 18 heavy (non-hydrogen) atoms. The summed E-state index contributed by atoms with van der Waals surface area (Å²) in [6.07, 6.45) is 5.50. The van der Waals surface area contributed by atoms with Crippen LogP contribution in [0.25, 0.3) is 0 Å². The maximum Gasteiger partial charge on any atom is 0.227 e. The molecule has 0 bridgehead atoms. The minimum Gasteiger partial charge on any atom is -0.424 e. The summed E-state index contributed by atoms with van der Waals surface area (Å²) in [4.78, 5) is 0. The van der Waals surface area contributed by atoms with Crippen molar-refractivity contribution in [1.82, 2.24) is 10.2 Å². The fourth-order valence-electron chi connectivity index (χ4n) is 2.95. The van der Waals surface area contributed by atoms with E-state index in [1.807, 2.05) is 6.92 Å². The van der Waals surface area contributed by atoms with Gasteiger partial charge in [-0.25, -0.2) is 0 Å². The number of aromatic nitrogens is 2. The van der Waals surface area contributed by atoms with E-state index < -0.39 is 0 Å². The molecule has 1 aliphatic carbocycles. The minimum atomic E-state index is -0.0400. The van der Waals surface area contributed by atoms with E-state index in [9.17, 15) is 0 Å². The van der Waals surface area contributed by atoms with E-state index in [1.165, 1.54) is 18.4 Å². The van der Waals surface area contributed by atoms with Gasteiger partial charge in [-0.2, -0.15) is 0 Å². The van der Waals surface area contributed by atoms with E-state index in [-0.39, 0.29) is 5.41 Å². The predicted molar refractivity (Wildman–Crippen MR) is 69.4 cm³/mol. The number of hydrogen-bond acceptors (Lipinski definition) is 3. The third-order valence-corrected chi connectivity index (χ3v) is 3.96. The first kappa shape index (κ1) is 11.5. The Balaban J connectivity index is 2.06. The molecule has 1 fully saturated rings. The first-order valence-corrected chi connectivity index (χ1v) is 6.73. The summed E-state index contributed by atoms with van der Waals surface area (Å²) in [6.45, 7) is 2.04. The average molecular weight is 242 g/mol. The molecule has 1 aliphatic rings. The van der Waals surface area contributed by atoms with E-state index in [4.69, 9.17) is 4.42 Å². The van der Waals surface area contributed by atoms with Gasteiger partial charge < -0.3 is 4.42 Å². The summed E-state index contributed by atoms with van der Waals surface area (Å²) in [5, 5.41) is 8.43. The normalized spacial score (nSPS) is 18.1. The van der Waals surface area contributed by atoms with Gasteiger partial charge in [0.05, 0.1) is 5.41 Å². The highest BCUT2D eigenvalue weighted by Gasteiger charge is 2.42. The lowest BCUT2D eigenvalue weighted by Crippen LogP contribution is -2.24. The van der Waals surface area contributed by atoms with Crippen LogP contribution in [0.4, 0.5) is 0 Å². The van der Waals surface area contributed by atoms with Crippen LogP contribution in [0.1, 0.15) is 50.0 Å². The predicted octanol–water partition coefficient (Wildman–Crippen LogP) is 3.49. The van der Waals surface area contributed by atoms with Crippen molar-refractivity contribution in [2.24, 2.45) is 0 Å². The Bertz CT molecular complexity index is 512. The van der Waals surface area contributed by atoms with Gasteiger partial charge >= 0.3 is 0 Å². The average Bonchev–Trinajstić information content (AvgIpc) is 3.09. The lowest BCUT2D eigenvalue weighted by Gasteiger charge is -2.25. The number of rotatable bonds is 3. The highest BCUT2D eigenvalue weighted by atomic mass is 16.4. The molecule has 1 saturated carbocycles. The number of hydrogen-bond donors (Lipinski definition) is 0. The first-order valence-electron chi connectivity index (χ1n) is 6.73. The molecular weight excluding hydrogens is 224 g/mol. The second-order valence-corrected chi connectivity index (χ2v) is 5.01. The van der Waals surface area contributed by atoms with E-state index in [1.54, 1.807) is 0 Å². The molecule has 0 radical (unpaired) electrons. The molecule has 1 aromatic heterocycles. The Morgan fingerprint density at radius 2 is 1.83 bits per heavy atom. The summed E-state index contributed by atoms with van der Waals surface area (Å²) >= 11 is 0. The summed E-state index contributed by atoms with van der Waals surface area (Å²) in [6, 6.07) is 10.6. The van der Waals surface area contributed by atoms with Crippen LogP contribution in [0.2, 0.25) is 0 Å². The highest BCUT2D eigenvalue weighted by molar-refractivity contribution is 5.32. The van der Waals surface area contributed by atoms with Crippen molar-refractivity contribution >= 4 is 0 Å². The Kier molecular flexibility index (Phi) is 2.90.